The fourth-order valence-electron chi connectivity index (χ4n) is 2.44. The Balaban J connectivity index is 1.74. The summed E-state index contributed by atoms with van der Waals surface area (Å²) in [6.45, 7) is 0.378. The average Bonchev–Trinajstić information content (AvgIpc) is 3.26. The molecule has 2 heterocycles. The molecule has 7 nitrogen and oxygen atoms in total. The highest BCUT2D eigenvalue weighted by Crippen LogP contribution is 2.33. The molecule has 0 N–H and O–H groups in total. The summed E-state index contributed by atoms with van der Waals surface area (Å²) in [5.41, 5.74) is 0.767. The fraction of sp³-hybridized carbons (Fsp3) is 0.125. The largest absolute Gasteiger partial charge is 0.496 e. The van der Waals surface area contributed by atoms with Crippen LogP contribution in [0.15, 0.2) is 53.2 Å². The van der Waals surface area contributed by atoms with Gasteiger partial charge in [-0.3, -0.25) is 0 Å². The molecule has 0 unspecified atom stereocenters. The minimum absolute atomic E-state index is 0.378. The molecule has 0 saturated heterocycles. The molecule has 7 heteroatoms. The van der Waals surface area contributed by atoms with E-state index in [1.807, 2.05) is 36.4 Å². The molecule has 0 bridgehead atoms. The number of benzene rings is 2. The maximum Gasteiger partial charge on any atom is 0.251 e. The zero-order chi connectivity index (χ0) is 15.6. The van der Waals surface area contributed by atoms with E-state index < -0.39 is 0 Å². The summed E-state index contributed by atoms with van der Waals surface area (Å²) in [4.78, 5) is 0. The van der Waals surface area contributed by atoms with Crippen molar-refractivity contribution in [3.05, 3.63) is 54.7 Å². The zero-order valence-corrected chi connectivity index (χ0v) is 12.4. The van der Waals surface area contributed by atoms with Gasteiger partial charge in [-0.05, 0) is 22.9 Å². The molecule has 4 rings (SSSR count). The molecule has 0 amide bonds. The summed E-state index contributed by atoms with van der Waals surface area (Å²) in [6.07, 6.45) is 3.34. The molecule has 0 aliphatic rings. The van der Waals surface area contributed by atoms with Gasteiger partial charge in [0.1, 0.15) is 12.3 Å². The van der Waals surface area contributed by atoms with Gasteiger partial charge in [0, 0.05) is 6.20 Å². The van der Waals surface area contributed by atoms with E-state index in [0.29, 0.717) is 24.1 Å². The minimum Gasteiger partial charge on any atom is -0.496 e. The van der Waals surface area contributed by atoms with Crippen LogP contribution in [0.4, 0.5) is 0 Å². The molecule has 0 aliphatic heterocycles. The Morgan fingerprint density at radius 2 is 1.96 bits per heavy atom. The van der Waals surface area contributed by atoms with Gasteiger partial charge in [-0.2, -0.15) is 0 Å². The molecule has 0 radical (unpaired) electrons. The van der Waals surface area contributed by atoms with Gasteiger partial charge < -0.3 is 9.15 Å². The molecule has 114 valence electrons. The van der Waals surface area contributed by atoms with E-state index in [1.165, 1.54) is 0 Å². The van der Waals surface area contributed by atoms with Crippen molar-refractivity contribution >= 4 is 10.8 Å². The van der Waals surface area contributed by atoms with E-state index in [0.717, 1.165) is 16.3 Å². The lowest BCUT2D eigenvalue weighted by atomic mass is 10.1. The highest BCUT2D eigenvalue weighted by molar-refractivity contribution is 5.89. The topological polar surface area (TPSA) is 78.9 Å². The van der Waals surface area contributed by atoms with Gasteiger partial charge in [-0.25, -0.2) is 4.68 Å². The molecule has 0 spiro atoms. The van der Waals surface area contributed by atoms with Crippen molar-refractivity contribution in [2.45, 2.75) is 6.54 Å². The molecule has 4 aromatic rings. The maximum absolute atomic E-state index is 5.74. The lowest BCUT2D eigenvalue weighted by Gasteiger charge is -2.07. The van der Waals surface area contributed by atoms with Gasteiger partial charge in [0.15, 0.2) is 0 Å². The van der Waals surface area contributed by atoms with Gasteiger partial charge in [0.25, 0.3) is 5.89 Å². The Hall–Kier alpha value is -3.22. The minimum atomic E-state index is 0.378. The number of hydrogen-bond acceptors (Lipinski definition) is 6. The van der Waals surface area contributed by atoms with Crippen molar-refractivity contribution in [2.24, 2.45) is 0 Å². The van der Waals surface area contributed by atoms with Crippen molar-refractivity contribution in [1.29, 1.82) is 0 Å². The fourth-order valence-corrected chi connectivity index (χ4v) is 2.44. The molecular formula is C16H13N5O2. The van der Waals surface area contributed by atoms with Crippen LogP contribution >= 0.6 is 0 Å². The summed E-state index contributed by atoms with van der Waals surface area (Å²) in [5.74, 6) is 1.57. The molecule has 0 fully saturated rings. The van der Waals surface area contributed by atoms with Crippen molar-refractivity contribution in [1.82, 2.24) is 25.2 Å². The molecular weight excluding hydrogens is 294 g/mol. The molecule has 2 aromatic heterocycles. The smallest absolute Gasteiger partial charge is 0.251 e. The predicted octanol–water partition coefficient (Wildman–Crippen LogP) is 2.54. The number of ether oxygens (including phenoxy) is 1. The third-order valence-corrected chi connectivity index (χ3v) is 3.53. The summed E-state index contributed by atoms with van der Waals surface area (Å²) in [5, 5.41) is 18.0. The Bertz CT molecular complexity index is 946. The second-order valence-corrected chi connectivity index (χ2v) is 5.00. The van der Waals surface area contributed by atoms with Crippen LogP contribution in [0.1, 0.15) is 5.89 Å². The number of aromatic nitrogens is 5. The van der Waals surface area contributed by atoms with Crippen LogP contribution in [-0.2, 0) is 6.54 Å². The summed E-state index contributed by atoms with van der Waals surface area (Å²) < 4.78 is 12.8. The van der Waals surface area contributed by atoms with Crippen LogP contribution < -0.4 is 4.74 Å². The molecule has 2 aromatic carbocycles. The van der Waals surface area contributed by atoms with E-state index in [-0.39, 0.29) is 0 Å². The Morgan fingerprint density at radius 1 is 1.13 bits per heavy atom. The molecule has 0 aliphatic carbocycles. The lowest BCUT2D eigenvalue weighted by molar-refractivity contribution is 0.413. The summed E-state index contributed by atoms with van der Waals surface area (Å²) in [6, 6.07) is 12.0. The monoisotopic (exact) mass is 307 g/mol. The third-order valence-electron chi connectivity index (χ3n) is 3.53. The second kappa shape index (κ2) is 5.53. The van der Waals surface area contributed by atoms with Crippen LogP contribution in [0.25, 0.3) is 22.2 Å². The Labute approximate surface area is 131 Å². The first-order valence-corrected chi connectivity index (χ1v) is 7.07. The highest BCUT2D eigenvalue weighted by Gasteiger charge is 2.15. The molecule has 23 heavy (non-hydrogen) atoms. The maximum atomic E-state index is 5.74. The van der Waals surface area contributed by atoms with E-state index in [2.05, 4.69) is 20.5 Å². The first kappa shape index (κ1) is 13.4. The third kappa shape index (κ3) is 2.52. The SMILES string of the molecule is COc1cc2ccccc2cc1-c1nnc(Cn2ccnn2)o1. The van der Waals surface area contributed by atoms with Gasteiger partial charge in [-0.1, -0.05) is 29.5 Å². The first-order chi connectivity index (χ1) is 11.3. The van der Waals surface area contributed by atoms with Gasteiger partial charge >= 0.3 is 0 Å². The highest BCUT2D eigenvalue weighted by atomic mass is 16.5. The van der Waals surface area contributed by atoms with Crippen molar-refractivity contribution < 1.29 is 9.15 Å². The average molecular weight is 307 g/mol. The van der Waals surface area contributed by atoms with E-state index >= 15 is 0 Å². The number of methoxy groups -OCH3 is 1. The van der Waals surface area contributed by atoms with Crippen LogP contribution in [-0.4, -0.2) is 32.3 Å². The van der Waals surface area contributed by atoms with E-state index in [1.54, 1.807) is 24.2 Å². The zero-order valence-electron chi connectivity index (χ0n) is 12.4. The number of hydrogen-bond donors (Lipinski definition) is 0. The van der Waals surface area contributed by atoms with Crippen LogP contribution in [0, 0.1) is 0 Å². The van der Waals surface area contributed by atoms with Gasteiger partial charge in [0.05, 0.1) is 18.9 Å². The van der Waals surface area contributed by atoms with E-state index in [4.69, 9.17) is 9.15 Å². The second-order valence-electron chi connectivity index (χ2n) is 5.00. The normalized spacial score (nSPS) is 11.0. The summed E-state index contributed by atoms with van der Waals surface area (Å²) >= 11 is 0. The van der Waals surface area contributed by atoms with Crippen LogP contribution in [0.2, 0.25) is 0 Å². The van der Waals surface area contributed by atoms with Crippen molar-refractivity contribution in [3.8, 4) is 17.2 Å². The first-order valence-electron chi connectivity index (χ1n) is 7.07. The summed E-state index contributed by atoms with van der Waals surface area (Å²) in [7, 11) is 1.63. The number of fused-ring (bicyclic) bond motifs is 1. The van der Waals surface area contributed by atoms with E-state index in [9.17, 15) is 0 Å². The standard InChI is InChI=1S/C16H13N5O2/c1-22-14-9-12-5-3-2-4-11(12)8-13(14)16-19-18-15(23-16)10-21-7-6-17-20-21/h2-9H,10H2,1H3. The van der Waals surface area contributed by atoms with Crippen molar-refractivity contribution in [3.63, 3.8) is 0 Å². The van der Waals surface area contributed by atoms with Crippen LogP contribution in [0.3, 0.4) is 0 Å². The number of nitrogens with zero attached hydrogens (tertiary/aromatic N) is 5. The van der Waals surface area contributed by atoms with Gasteiger partial charge in [0.2, 0.25) is 5.89 Å². The van der Waals surface area contributed by atoms with Crippen LogP contribution in [0.5, 0.6) is 5.75 Å². The lowest BCUT2D eigenvalue weighted by Crippen LogP contribution is -2.00. The number of rotatable bonds is 4. The Morgan fingerprint density at radius 3 is 2.70 bits per heavy atom. The van der Waals surface area contributed by atoms with Crippen molar-refractivity contribution in [2.75, 3.05) is 7.11 Å². The molecule has 0 saturated carbocycles. The predicted molar refractivity (Wildman–Crippen MR) is 82.9 cm³/mol. The molecule has 0 atom stereocenters. The van der Waals surface area contributed by atoms with Gasteiger partial charge in [-0.15, -0.1) is 15.3 Å². The Kier molecular flexibility index (Phi) is 3.23. The quantitative estimate of drug-likeness (QED) is 0.576.